The molecule has 0 spiro atoms. The van der Waals surface area contributed by atoms with Crippen LogP contribution in [0.2, 0.25) is 0 Å². The lowest BCUT2D eigenvalue weighted by molar-refractivity contribution is -0.275. The van der Waals surface area contributed by atoms with E-state index < -0.39 is 17.9 Å². The van der Waals surface area contributed by atoms with Crippen LogP contribution in [0.1, 0.15) is 0 Å². The summed E-state index contributed by atoms with van der Waals surface area (Å²) >= 11 is 5.63. The van der Waals surface area contributed by atoms with E-state index in [0.717, 1.165) is 6.07 Å². The Morgan fingerprint density at radius 1 is 1.07 bits per heavy atom. The lowest BCUT2D eigenvalue weighted by Crippen LogP contribution is -2.17. The second-order valence-electron chi connectivity index (χ2n) is 2.24. The van der Waals surface area contributed by atoms with Crippen molar-refractivity contribution in [1.29, 1.82) is 0 Å². The minimum absolute atomic E-state index is 0.0168. The molecule has 0 aromatic heterocycles. The van der Waals surface area contributed by atoms with E-state index in [0.29, 0.717) is 6.07 Å². The molecular formula is C7H2Br2F4O. The SMILES string of the molecule is Fc1cc(OC(F)(F)F)c(Br)cc1Br. The smallest absolute Gasteiger partial charge is 0.404 e. The van der Waals surface area contributed by atoms with Crippen molar-refractivity contribution in [2.45, 2.75) is 6.36 Å². The molecule has 78 valence electrons. The molecule has 0 heterocycles. The van der Waals surface area contributed by atoms with Crippen molar-refractivity contribution >= 4 is 31.9 Å². The van der Waals surface area contributed by atoms with Crippen molar-refractivity contribution in [3.05, 3.63) is 26.9 Å². The maximum atomic E-state index is 12.8. The molecule has 0 aliphatic rings. The van der Waals surface area contributed by atoms with Crippen molar-refractivity contribution in [3.8, 4) is 5.75 Å². The van der Waals surface area contributed by atoms with Gasteiger partial charge in [0, 0.05) is 6.07 Å². The highest BCUT2D eigenvalue weighted by molar-refractivity contribution is 9.11. The van der Waals surface area contributed by atoms with Gasteiger partial charge in [-0.15, -0.1) is 13.2 Å². The Hall–Kier alpha value is -0.300. The Kier molecular flexibility index (Phi) is 3.41. The van der Waals surface area contributed by atoms with Crippen LogP contribution in [0.4, 0.5) is 17.6 Å². The van der Waals surface area contributed by atoms with Gasteiger partial charge in [-0.05, 0) is 37.9 Å². The van der Waals surface area contributed by atoms with Crippen molar-refractivity contribution in [1.82, 2.24) is 0 Å². The van der Waals surface area contributed by atoms with Crippen LogP contribution in [-0.4, -0.2) is 6.36 Å². The summed E-state index contributed by atoms with van der Waals surface area (Å²) in [5.74, 6) is -1.44. The van der Waals surface area contributed by atoms with Crippen LogP contribution < -0.4 is 4.74 Å². The Labute approximate surface area is 93.3 Å². The second-order valence-corrected chi connectivity index (χ2v) is 3.95. The van der Waals surface area contributed by atoms with Crippen molar-refractivity contribution in [2.24, 2.45) is 0 Å². The minimum Gasteiger partial charge on any atom is -0.404 e. The summed E-state index contributed by atoms with van der Waals surface area (Å²) in [6.45, 7) is 0. The number of halogens is 6. The van der Waals surface area contributed by atoms with Crippen LogP contribution >= 0.6 is 31.9 Å². The first-order valence-corrected chi connectivity index (χ1v) is 4.78. The van der Waals surface area contributed by atoms with Crippen LogP contribution in [0.5, 0.6) is 5.75 Å². The molecule has 1 nitrogen and oxygen atoms in total. The van der Waals surface area contributed by atoms with Crippen LogP contribution in [0.15, 0.2) is 21.1 Å². The van der Waals surface area contributed by atoms with Gasteiger partial charge in [0.15, 0.2) is 0 Å². The molecule has 0 bridgehead atoms. The molecule has 0 unspecified atom stereocenters. The van der Waals surface area contributed by atoms with E-state index in [2.05, 4.69) is 36.6 Å². The molecule has 0 aliphatic carbocycles. The molecule has 1 aromatic carbocycles. The number of alkyl halides is 3. The highest BCUT2D eigenvalue weighted by Crippen LogP contribution is 2.34. The molecule has 0 amide bonds. The molecule has 0 N–H and O–H groups in total. The Bertz CT molecular complexity index is 350. The standard InChI is InChI=1S/C7H2Br2F4O/c8-3-1-4(9)6(2-5(3)10)14-7(11,12)13/h1-2H. The first kappa shape index (κ1) is 11.8. The molecule has 0 saturated heterocycles. The summed E-state index contributed by atoms with van der Waals surface area (Å²) in [6, 6.07) is 1.78. The Balaban J connectivity index is 3.04. The topological polar surface area (TPSA) is 9.23 Å². The van der Waals surface area contributed by atoms with Crippen LogP contribution in [0, 0.1) is 5.82 Å². The number of hydrogen-bond acceptors (Lipinski definition) is 1. The molecular weight excluding hydrogens is 336 g/mol. The zero-order valence-corrected chi connectivity index (χ0v) is 9.50. The molecule has 14 heavy (non-hydrogen) atoms. The molecule has 0 fully saturated rings. The number of hydrogen-bond donors (Lipinski definition) is 0. The highest BCUT2D eigenvalue weighted by Gasteiger charge is 2.32. The van der Waals surface area contributed by atoms with Gasteiger partial charge in [0.25, 0.3) is 0 Å². The third-order valence-corrected chi connectivity index (χ3v) is 2.43. The fourth-order valence-corrected chi connectivity index (χ4v) is 1.78. The van der Waals surface area contributed by atoms with Gasteiger partial charge in [0.1, 0.15) is 11.6 Å². The molecule has 0 saturated carbocycles. The largest absolute Gasteiger partial charge is 0.573 e. The molecule has 1 aromatic rings. The first-order valence-electron chi connectivity index (χ1n) is 3.20. The van der Waals surface area contributed by atoms with E-state index in [1.165, 1.54) is 0 Å². The van der Waals surface area contributed by atoms with Gasteiger partial charge < -0.3 is 4.74 Å². The van der Waals surface area contributed by atoms with Crippen LogP contribution in [0.25, 0.3) is 0 Å². The van der Waals surface area contributed by atoms with E-state index in [1.54, 1.807) is 0 Å². The molecule has 0 radical (unpaired) electrons. The van der Waals surface area contributed by atoms with Crippen LogP contribution in [0.3, 0.4) is 0 Å². The first-order chi connectivity index (χ1) is 6.29. The normalized spacial score (nSPS) is 11.6. The molecule has 7 heteroatoms. The predicted molar refractivity (Wildman–Crippen MR) is 48.5 cm³/mol. The van der Waals surface area contributed by atoms with Gasteiger partial charge >= 0.3 is 6.36 Å². The van der Waals surface area contributed by atoms with E-state index in [9.17, 15) is 17.6 Å². The summed E-state index contributed by atoms with van der Waals surface area (Å²) in [4.78, 5) is 0. The fourth-order valence-electron chi connectivity index (χ4n) is 0.707. The lowest BCUT2D eigenvalue weighted by Gasteiger charge is -2.10. The summed E-state index contributed by atoms with van der Waals surface area (Å²) in [7, 11) is 0. The monoisotopic (exact) mass is 336 g/mol. The second kappa shape index (κ2) is 4.06. The maximum Gasteiger partial charge on any atom is 0.573 e. The lowest BCUT2D eigenvalue weighted by atomic mass is 10.3. The number of benzene rings is 1. The van der Waals surface area contributed by atoms with Gasteiger partial charge in [-0.25, -0.2) is 4.39 Å². The van der Waals surface area contributed by atoms with E-state index >= 15 is 0 Å². The number of ether oxygens (including phenoxy) is 1. The molecule has 1 rings (SSSR count). The Morgan fingerprint density at radius 3 is 2.14 bits per heavy atom. The molecule has 0 atom stereocenters. The highest BCUT2D eigenvalue weighted by atomic mass is 79.9. The van der Waals surface area contributed by atoms with Gasteiger partial charge in [-0.3, -0.25) is 0 Å². The zero-order valence-electron chi connectivity index (χ0n) is 6.33. The van der Waals surface area contributed by atoms with Gasteiger partial charge in [0.2, 0.25) is 0 Å². The molecule has 0 aliphatic heterocycles. The van der Waals surface area contributed by atoms with Gasteiger partial charge in [-0.2, -0.15) is 0 Å². The quantitative estimate of drug-likeness (QED) is 0.550. The van der Waals surface area contributed by atoms with Crippen molar-refractivity contribution < 1.29 is 22.3 Å². The summed E-state index contributed by atoms with van der Waals surface area (Å²) in [5, 5.41) is 0. The number of rotatable bonds is 1. The summed E-state index contributed by atoms with van der Waals surface area (Å²) in [6.07, 6.45) is -4.83. The Morgan fingerprint density at radius 2 is 1.64 bits per heavy atom. The van der Waals surface area contributed by atoms with Gasteiger partial charge in [0.05, 0.1) is 8.95 Å². The van der Waals surface area contributed by atoms with E-state index in [4.69, 9.17) is 0 Å². The summed E-state index contributed by atoms with van der Waals surface area (Å²) < 4.78 is 51.8. The van der Waals surface area contributed by atoms with E-state index in [-0.39, 0.29) is 8.95 Å². The third-order valence-electron chi connectivity index (χ3n) is 1.20. The van der Waals surface area contributed by atoms with E-state index in [1.807, 2.05) is 0 Å². The van der Waals surface area contributed by atoms with Crippen molar-refractivity contribution in [3.63, 3.8) is 0 Å². The summed E-state index contributed by atoms with van der Waals surface area (Å²) in [5.41, 5.74) is 0. The fraction of sp³-hybridized carbons (Fsp3) is 0.143. The minimum atomic E-state index is -4.83. The predicted octanol–water partition coefficient (Wildman–Crippen LogP) is 4.25. The third kappa shape index (κ3) is 3.13. The average Bonchev–Trinajstić information content (AvgIpc) is 1.97. The van der Waals surface area contributed by atoms with Crippen molar-refractivity contribution in [2.75, 3.05) is 0 Å². The maximum absolute atomic E-state index is 12.8. The van der Waals surface area contributed by atoms with Gasteiger partial charge in [-0.1, -0.05) is 0 Å². The van der Waals surface area contributed by atoms with Crippen LogP contribution in [-0.2, 0) is 0 Å². The zero-order chi connectivity index (χ0) is 10.9. The average molecular weight is 338 g/mol.